The van der Waals surface area contributed by atoms with Crippen LogP contribution in [-0.4, -0.2) is 30.6 Å². The van der Waals surface area contributed by atoms with Crippen LogP contribution < -0.4 is 5.32 Å². The van der Waals surface area contributed by atoms with Crippen molar-refractivity contribution in [2.75, 3.05) is 19.6 Å². The molecule has 1 aliphatic heterocycles. The van der Waals surface area contributed by atoms with Crippen LogP contribution in [0.5, 0.6) is 0 Å². The fourth-order valence-electron chi connectivity index (χ4n) is 3.04. The standard InChI is InChI=1S/C18H30N2/c1-5-20-12-10-18(11-13-20)19-15(4)17-8-6-16(7-9-17)14(2)3/h6-9,14-15,18-19H,5,10-13H2,1-4H3. The second-order valence-corrected chi connectivity index (χ2v) is 6.42. The van der Waals surface area contributed by atoms with Gasteiger partial charge in [-0.05, 0) is 56.4 Å². The maximum absolute atomic E-state index is 3.80. The minimum Gasteiger partial charge on any atom is -0.307 e. The molecule has 1 N–H and O–H groups in total. The minimum absolute atomic E-state index is 0.453. The van der Waals surface area contributed by atoms with Gasteiger partial charge in [-0.15, -0.1) is 0 Å². The third kappa shape index (κ3) is 4.07. The lowest BCUT2D eigenvalue weighted by Crippen LogP contribution is -2.43. The van der Waals surface area contributed by atoms with E-state index >= 15 is 0 Å². The smallest absolute Gasteiger partial charge is 0.0294 e. The van der Waals surface area contributed by atoms with Crippen molar-refractivity contribution in [1.29, 1.82) is 0 Å². The van der Waals surface area contributed by atoms with E-state index in [1.54, 1.807) is 0 Å². The molecule has 2 nitrogen and oxygen atoms in total. The van der Waals surface area contributed by atoms with Crippen LogP contribution in [0.1, 0.15) is 63.6 Å². The summed E-state index contributed by atoms with van der Waals surface area (Å²) in [5, 5.41) is 3.80. The molecule has 112 valence electrons. The molecule has 0 radical (unpaired) electrons. The van der Waals surface area contributed by atoms with Gasteiger partial charge in [0.05, 0.1) is 0 Å². The van der Waals surface area contributed by atoms with Crippen molar-refractivity contribution >= 4 is 0 Å². The normalized spacial score (nSPS) is 19.4. The highest BCUT2D eigenvalue weighted by Gasteiger charge is 2.19. The molecule has 0 spiro atoms. The molecule has 1 heterocycles. The summed E-state index contributed by atoms with van der Waals surface area (Å²) in [5.74, 6) is 0.616. The fourth-order valence-corrected chi connectivity index (χ4v) is 3.04. The lowest BCUT2D eigenvalue weighted by molar-refractivity contribution is 0.200. The number of nitrogens with zero attached hydrogens (tertiary/aromatic N) is 1. The SMILES string of the molecule is CCN1CCC(NC(C)c2ccc(C(C)C)cc2)CC1. The van der Waals surface area contributed by atoms with Crippen LogP contribution in [0.25, 0.3) is 0 Å². The topological polar surface area (TPSA) is 15.3 Å². The molecular formula is C18H30N2. The van der Waals surface area contributed by atoms with Gasteiger partial charge in [-0.3, -0.25) is 0 Å². The van der Waals surface area contributed by atoms with Gasteiger partial charge in [0.2, 0.25) is 0 Å². The largest absolute Gasteiger partial charge is 0.307 e. The molecule has 1 aromatic carbocycles. The average Bonchev–Trinajstić information content (AvgIpc) is 2.48. The Labute approximate surface area is 124 Å². The number of nitrogens with one attached hydrogen (secondary N) is 1. The van der Waals surface area contributed by atoms with E-state index in [-0.39, 0.29) is 0 Å². The molecule has 0 aromatic heterocycles. The van der Waals surface area contributed by atoms with Gasteiger partial charge in [-0.25, -0.2) is 0 Å². The molecule has 0 amide bonds. The first-order valence-corrected chi connectivity index (χ1v) is 8.18. The van der Waals surface area contributed by atoms with Crippen LogP contribution in [0, 0.1) is 0 Å². The second-order valence-electron chi connectivity index (χ2n) is 6.42. The van der Waals surface area contributed by atoms with E-state index in [2.05, 4.69) is 62.2 Å². The second kappa shape index (κ2) is 7.24. The van der Waals surface area contributed by atoms with Crippen molar-refractivity contribution in [2.24, 2.45) is 0 Å². The van der Waals surface area contributed by atoms with E-state index in [0.29, 0.717) is 18.0 Å². The number of piperidine rings is 1. The van der Waals surface area contributed by atoms with Crippen LogP contribution in [-0.2, 0) is 0 Å². The molecule has 20 heavy (non-hydrogen) atoms. The Morgan fingerprint density at radius 1 is 1.05 bits per heavy atom. The maximum Gasteiger partial charge on any atom is 0.0294 e. The van der Waals surface area contributed by atoms with E-state index in [1.807, 2.05) is 0 Å². The van der Waals surface area contributed by atoms with Gasteiger partial charge < -0.3 is 10.2 Å². The highest BCUT2D eigenvalue weighted by atomic mass is 15.1. The third-order valence-electron chi connectivity index (χ3n) is 4.62. The highest BCUT2D eigenvalue weighted by molar-refractivity contribution is 5.26. The molecule has 0 saturated carbocycles. The Kier molecular flexibility index (Phi) is 5.62. The molecular weight excluding hydrogens is 244 g/mol. The molecule has 1 unspecified atom stereocenters. The average molecular weight is 274 g/mol. The summed E-state index contributed by atoms with van der Waals surface area (Å²) in [6, 6.07) is 10.3. The van der Waals surface area contributed by atoms with E-state index < -0.39 is 0 Å². The zero-order valence-corrected chi connectivity index (χ0v) is 13.5. The van der Waals surface area contributed by atoms with Crippen LogP contribution in [0.3, 0.4) is 0 Å². The molecule has 0 aliphatic carbocycles. The Hall–Kier alpha value is -0.860. The van der Waals surface area contributed by atoms with Gasteiger partial charge >= 0.3 is 0 Å². The van der Waals surface area contributed by atoms with E-state index in [0.717, 1.165) is 0 Å². The third-order valence-corrected chi connectivity index (χ3v) is 4.62. The zero-order chi connectivity index (χ0) is 14.5. The Balaban J connectivity index is 1.87. The number of rotatable bonds is 5. The van der Waals surface area contributed by atoms with E-state index in [4.69, 9.17) is 0 Å². The van der Waals surface area contributed by atoms with Gasteiger partial charge in [0.1, 0.15) is 0 Å². The summed E-state index contributed by atoms with van der Waals surface area (Å²) in [6.07, 6.45) is 2.56. The summed E-state index contributed by atoms with van der Waals surface area (Å²) in [5.41, 5.74) is 2.84. The monoisotopic (exact) mass is 274 g/mol. The molecule has 1 saturated heterocycles. The first-order chi connectivity index (χ1) is 9.60. The van der Waals surface area contributed by atoms with Gasteiger partial charge in [0, 0.05) is 12.1 Å². The summed E-state index contributed by atoms with van der Waals surface area (Å²) >= 11 is 0. The van der Waals surface area contributed by atoms with E-state index in [9.17, 15) is 0 Å². The number of hydrogen-bond acceptors (Lipinski definition) is 2. The van der Waals surface area contributed by atoms with Crippen LogP contribution in [0.2, 0.25) is 0 Å². The Morgan fingerprint density at radius 3 is 2.10 bits per heavy atom. The van der Waals surface area contributed by atoms with Crippen LogP contribution in [0.15, 0.2) is 24.3 Å². The number of benzene rings is 1. The molecule has 2 heteroatoms. The predicted octanol–water partition coefficient (Wildman–Crippen LogP) is 3.94. The molecule has 1 aromatic rings. The van der Waals surface area contributed by atoms with Crippen molar-refractivity contribution in [1.82, 2.24) is 10.2 Å². The number of likely N-dealkylation sites (tertiary alicyclic amines) is 1. The van der Waals surface area contributed by atoms with Crippen molar-refractivity contribution in [3.8, 4) is 0 Å². The van der Waals surface area contributed by atoms with Crippen LogP contribution in [0.4, 0.5) is 0 Å². The molecule has 0 bridgehead atoms. The van der Waals surface area contributed by atoms with Crippen LogP contribution >= 0.6 is 0 Å². The highest BCUT2D eigenvalue weighted by Crippen LogP contribution is 2.20. The summed E-state index contributed by atoms with van der Waals surface area (Å²) in [7, 11) is 0. The van der Waals surface area contributed by atoms with Crippen molar-refractivity contribution in [3.05, 3.63) is 35.4 Å². The van der Waals surface area contributed by atoms with Gasteiger partial charge in [0.15, 0.2) is 0 Å². The van der Waals surface area contributed by atoms with Crippen molar-refractivity contribution in [2.45, 2.75) is 58.5 Å². The Morgan fingerprint density at radius 2 is 1.60 bits per heavy atom. The molecule has 1 aliphatic rings. The van der Waals surface area contributed by atoms with Crippen molar-refractivity contribution < 1.29 is 0 Å². The Bertz CT molecular complexity index is 388. The van der Waals surface area contributed by atoms with E-state index in [1.165, 1.54) is 43.6 Å². The quantitative estimate of drug-likeness (QED) is 0.874. The first-order valence-electron chi connectivity index (χ1n) is 8.18. The fraction of sp³-hybridized carbons (Fsp3) is 0.667. The lowest BCUT2D eigenvalue weighted by Gasteiger charge is -2.33. The van der Waals surface area contributed by atoms with Gasteiger partial charge in [-0.2, -0.15) is 0 Å². The minimum atomic E-state index is 0.453. The summed E-state index contributed by atoms with van der Waals surface area (Å²) in [4.78, 5) is 2.54. The van der Waals surface area contributed by atoms with Gasteiger partial charge in [0.25, 0.3) is 0 Å². The first kappa shape index (κ1) is 15.5. The molecule has 2 rings (SSSR count). The summed E-state index contributed by atoms with van der Waals surface area (Å²) < 4.78 is 0. The maximum atomic E-state index is 3.80. The molecule has 1 fully saturated rings. The van der Waals surface area contributed by atoms with Crippen molar-refractivity contribution in [3.63, 3.8) is 0 Å². The molecule has 1 atom stereocenters. The summed E-state index contributed by atoms with van der Waals surface area (Å²) in [6.45, 7) is 12.7. The predicted molar refractivity (Wildman–Crippen MR) is 87.2 cm³/mol. The lowest BCUT2D eigenvalue weighted by atomic mass is 9.98. The zero-order valence-electron chi connectivity index (χ0n) is 13.5. The number of hydrogen-bond donors (Lipinski definition) is 1. The van der Waals surface area contributed by atoms with Gasteiger partial charge in [-0.1, -0.05) is 45.0 Å².